The summed E-state index contributed by atoms with van der Waals surface area (Å²) in [5, 5.41) is 7.57. The van der Waals surface area contributed by atoms with Gasteiger partial charge in [0.05, 0.1) is 16.6 Å². The first-order valence-electron chi connectivity index (χ1n) is 16.6. The van der Waals surface area contributed by atoms with Gasteiger partial charge in [-0.3, -0.25) is 9.80 Å². The second-order valence-electron chi connectivity index (χ2n) is 11.9. The van der Waals surface area contributed by atoms with Crippen LogP contribution in [0.3, 0.4) is 0 Å². The Hall–Kier alpha value is -3.79. The standard InChI is InChI=1S/C36H38F3N4O2P.C2H6O/c1-2-45-46-25-28-8-5-7-27(19-28)24-44-34-12-4-3-9-30(34)23-43-17-15-42(16-18-43)22-26-13-14-32-33(20-26)41-35(40-32)29-10-6-11-31(21-29)36(37,38)39;1-2-3/h3-14,19-21,46H,2,15-18,22-25H2,1H3,(H,40,41);3H,2H2,1H3. The molecule has 0 radical (unpaired) electrons. The number of rotatable bonds is 12. The van der Waals surface area contributed by atoms with Crippen molar-refractivity contribution in [2.75, 3.05) is 39.4 Å². The zero-order valence-corrected chi connectivity index (χ0v) is 29.0. The van der Waals surface area contributed by atoms with Gasteiger partial charge < -0.3 is 19.4 Å². The average Bonchev–Trinajstić information content (AvgIpc) is 3.53. The number of fused-ring (bicyclic) bond motifs is 1. The number of hydrogen-bond donors (Lipinski definition) is 2. The lowest BCUT2D eigenvalue weighted by molar-refractivity contribution is -0.137. The van der Waals surface area contributed by atoms with E-state index < -0.39 is 11.7 Å². The van der Waals surface area contributed by atoms with Gasteiger partial charge in [0.25, 0.3) is 0 Å². The van der Waals surface area contributed by atoms with Crippen molar-refractivity contribution >= 4 is 19.8 Å². The summed E-state index contributed by atoms with van der Waals surface area (Å²) in [4.78, 5) is 12.7. The van der Waals surface area contributed by atoms with Crippen molar-refractivity contribution in [2.24, 2.45) is 0 Å². The summed E-state index contributed by atoms with van der Waals surface area (Å²) < 4.78 is 51.5. The second kappa shape index (κ2) is 17.7. The normalized spacial score (nSPS) is 14.3. The first kappa shape index (κ1) is 36.5. The first-order valence-corrected chi connectivity index (χ1v) is 17.7. The number of piperazine rings is 1. The molecular formula is C38H44F3N4O3P. The summed E-state index contributed by atoms with van der Waals surface area (Å²) in [7, 11) is 0.478. The van der Waals surface area contributed by atoms with Gasteiger partial charge in [-0.05, 0) is 60.9 Å². The van der Waals surface area contributed by atoms with Crippen molar-refractivity contribution < 1.29 is 27.5 Å². The van der Waals surface area contributed by atoms with Gasteiger partial charge in [-0.25, -0.2) is 4.98 Å². The van der Waals surface area contributed by atoms with Gasteiger partial charge in [-0.15, -0.1) is 0 Å². The molecule has 6 rings (SSSR count). The molecule has 260 valence electrons. The van der Waals surface area contributed by atoms with Crippen molar-refractivity contribution in [1.29, 1.82) is 0 Å². The lowest BCUT2D eigenvalue weighted by atomic mass is 10.1. The van der Waals surface area contributed by atoms with Gasteiger partial charge in [0, 0.05) is 78.6 Å². The fourth-order valence-corrected chi connectivity index (χ4v) is 6.43. The molecule has 2 heterocycles. The number of alkyl halides is 3. The lowest BCUT2D eigenvalue weighted by Gasteiger charge is -2.35. The highest BCUT2D eigenvalue weighted by atomic mass is 31.1. The topological polar surface area (TPSA) is 73.8 Å². The number of aromatic amines is 1. The Morgan fingerprint density at radius 3 is 2.29 bits per heavy atom. The Morgan fingerprint density at radius 1 is 0.816 bits per heavy atom. The molecule has 1 aliphatic heterocycles. The van der Waals surface area contributed by atoms with Gasteiger partial charge >= 0.3 is 6.18 Å². The van der Waals surface area contributed by atoms with Gasteiger partial charge in [-0.2, -0.15) is 13.2 Å². The van der Waals surface area contributed by atoms with E-state index in [0.717, 1.165) is 92.1 Å². The number of para-hydroxylation sites is 1. The van der Waals surface area contributed by atoms with Gasteiger partial charge in [0.1, 0.15) is 18.2 Å². The number of aliphatic hydroxyl groups excluding tert-OH is 1. The van der Waals surface area contributed by atoms with E-state index in [1.165, 1.54) is 17.2 Å². The number of aromatic nitrogens is 2. The molecule has 1 unspecified atom stereocenters. The maximum absolute atomic E-state index is 13.2. The second-order valence-corrected chi connectivity index (χ2v) is 12.8. The third kappa shape index (κ3) is 10.6. The van der Waals surface area contributed by atoms with Crippen LogP contribution in [0.4, 0.5) is 13.2 Å². The van der Waals surface area contributed by atoms with E-state index in [9.17, 15) is 13.2 Å². The Kier molecular flexibility index (Phi) is 13.2. The third-order valence-corrected chi connectivity index (χ3v) is 9.20. The maximum atomic E-state index is 13.2. The zero-order valence-electron chi connectivity index (χ0n) is 28.0. The van der Waals surface area contributed by atoms with Crippen LogP contribution >= 0.6 is 8.81 Å². The highest BCUT2D eigenvalue weighted by Crippen LogP contribution is 2.32. The number of benzene rings is 4. The summed E-state index contributed by atoms with van der Waals surface area (Å²) in [6.45, 7) is 10.6. The quantitative estimate of drug-likeness (QED) is 0.101. The van der Waals surface area contributed by atoms with Crippen LogP contribution in [0.2, 0.25) is 0 Å². The van der Waals surface area contributed by atoms with Crippen LogP contribution in [-0.2, 0) is 36.6 Å². The van der Waals surface area contributed by atoms with E-state index >= 15 is 0 Å². The van der Waals surface area contributed by atoms with E-state index in [0.29, 0.717) is 26.8 Å². The summed E-state index contributed by atoms with van der Waals surface area (Å²) in [6.07, 6.45) is -3.47. The molecule has 0 aliphatic carbocycles. The zero-order chi connectivity index (χ0) is 34.6. The molecule has 2 N–H and O–H groups in total. The van der Waals surface area contributed by atoms with Gasteiger partial charge in [-0.1, -0.05) is 60.7 Å². The average molecular weight is 693 g/mol. The Labute approximate surface area is 287 Å². The van der Waals surface area contributed by atoms with E-state index in [-0.39, 0.29) is 6.61 Å². The van der Waals surface area contributed by atoms with Gasteiger partial charge in [0.15, 0.2) is 0 Å². The summed E-state index contributed by atoms with van der Waals surface area (Å²) in [5.74, 6) is 1.35. The number of nitrogens with one attached hydrogen (secondary N) is 1. The molecule has 1 aromatic heterocycles. The van der Waals surface area contributed by atoms with Crippen LogP contribution < -0.4 is 4.74 Å². The van der Waals surface area contributed by atoms with Gasteiger partial charge in [0.2, 0.25) is 0 Å². The van der Waals surface area contributed by atoms with Crippen molar-refractivity contribution in [3.8, 4) is 17.1 Å². The minimum absolute atomic E-state index is 0.250. The highest BCUT2D eigenvalue weighted by molar-refractivity contribution is 7.31. The number of hydrogen-bond acceptors (Lipinski definition) is 6. The van der Waals surface area contributed by atoms with E-state index in [4.69, 9.17) is 14.4 Å². The van der Waals surface area contributed by atoms with Crippen molar-refractivity contribution in [3.63, 3.8) is 0 Å². The maximum Gasteiger partial charge on any atom is 0.416 e. The van der Waals surface area contributed by atoms with Crippen molar-refractivity contribution in [3.05, 3.63) is 119 Å². The summed E-state index contributed by atoms with van der Waals surface area (Å²) >= 11 is 0. The van der Waals surface area contributed by atoms with E-state index in [1.807, 2.05) is 25.1 Å². The van der Waals surface area contributed by atoms with Crippen LogP contribution in [0.5, 0.6) is 5.75 Å². The molecule has 1 atom stereocenters. The lowest BCUT2D eigenvalue weighted by Crippen LogP contribution is -2.45. The Bertz CT molecular complexity index is 1770. The third-order valence-electron chi connectivity index (χ3n) is 8.16. The fourth-order valence-electron chi connectivity index (χ4n) is 5.74. The summed E-state index contributed by atoms with van der Waals surface area (Å²) in [6, 6.07) is 28.1. The molecule has 7 nitrogen and oxygen atoms in total. The van der Waals surface area contributed by atoms with Crippen LogP contribution in [0.25, 0.3) is 22.4 Å². The fraction of sp³-hybridized carbons (Fsp3) is 0.342. The SMILES string of the molecule is CCO.CCOPCc1cccc(COc2ccccc2CN2CCN(Cc3ccc4nc(-c5cccc(C(F)(F)F)c5)[nH]c4c3)CC2)c1. The molecule has 49 heavy (non-hydrogen) atoms. The molecule has 4 aromatic carbocycles. The van der Waals surface area contributed by atoms with Crippen LogP contribution in [0, 0.1) is 0 Å². The van der Waals surface area contributed by atoms with Crippen molar-refractivity contribution in [1.82, 2.24) is 19.8 Å². The molecular weight excluding hydrogens is 648 g/mol. The predicted molar refractivity (Wildman–Crippen MR) is 191 cm³/mol. The van der Waals surface area contributed by atoms with Crippen LogP contribution in [0.15, 0.2) is 91.0 Å². The molecule has 0 bridgehead atoms. The number of aliphatic hydroxyl groups is 1. The molecule has 0 amide bonds. The monoisotopic (exact) mass is 692 g/mol. The Morgan fingerprint density at radius 2 is 1.53 bits per heavy atom. The predicted octanol–water partition coefficient (Wildman–Crippen LogP) is 8.27. The molecule has 1 aliphatic rings. The van der Waals surface area contributed by atoms with E-state index in [1.54, 1.807) is 13.0 Å². The summed E-state index contributed by atoms with van der Waals surface area (Å²) in [5.41, 5.74) is 6.03. The minimum Gasteiger partial charge on any atom is -0.489 e. The van der Waals surface area contributed by atoms with Crippen molar-refractivity contribution in [2.45, 2.75) is 45.9 Å². The molecule has 11 heteroatoms. The molecule has 1 saturated heterocycles. The largest absolute Gasteiger partial charge is 0.489 e. The molecule has 5 aromatic rings. The number of halogens is 3. The Balaban J connectivity index is 0.00000151. The molecule has 0 spiro atoms. The first-order chi connectivity index (χ1) is 23.7. The van der Waals surface area contributed by atoms with Crippen LogP contribution in [0.1, 0.15) is 41.7 Å². The smallest absolute Gasteiger partial charge is 0.416 e. The number of nitrogens with zero attached hydrogens (tertiary/aromatic N) is 3. The molecule has 1 fully saturated rings. The van der Waals surface area contributed by atoms with E-state index in [2.05, 4.69) is 68.3 Å². The highest BCUT2D eigenvalue weighted by Gasteiger charge is 2.30. The van der Waals surface area contributed by atoms with Crippen LogP contribution in [-0.4, -0.2) is 64.3 Å². The number of H-pyrrole nitrogens is 1. The molecule has 0 saturated carbocycles. The number of imidazole rings is 1. The number of ether oxygens (including phenoxy) is 1. The minimum atomic E-state index is -4.40.